The fourth-order valence-corrected chi connectivity index (χ4v) is 4.00. The highest BCUT2D eigenvalue weighted by atomic mass is 16.6. The van der Waals surface area contributed by atoms with Crippen molar-refractivity contribution in [1.82, 2.24) is 19.9 Å². The van der Waals surface area contributed by atoms with E-state index in [2.05, 4.69) is 19.9 Å². The number of fused-ring (bicyclic) bond motifs is 2. The Balaban J connectivity index is 1.14. The van der Waals surface area contributed by atoms with E-state index in [1.165, 1.54) is 36.8 Å². The third-order valence-corrected chi connectivity index (χ3v) is 6.40. The molecular formula is C28H28N6O8. The van der Waals surface area contributed by atoms with Gasteiger partial charge in [-0.3, -0.25) is 29.8 Å². The molecule has 2 N–H and O–H groups in total. The SMILES string of the molecule is CC(C=COC(=O)CCCCC(=O)OC=CC(C)c1nc2ccc([N+](=O)[O-])cc2[nH]1)c1nc2ccc([N+](=O)[O-])cc2[nH]1. The van der Waals surface area contributed by atoms with E-state index in [9.17, 15) is 29.8 Å². The Morgan fingerprint density at radius 3 is 1.57 bits per heavy atom. The summed E-state index contributed by atoms with van der Waals surface area (Å²) in [6, 6.07) is 8.73. The number of unbranched alkanes of at least 4 members (excludes halogenated alkanes) is 1. The topological polar surface area (TPSA) is 196 Å². The molecule has 0 spiro atoms. The number of carbonyl (C=O) groups excluding carboxylic acids is 2. The minimum atomic E-state index is -0.477. The lowest BCUT2D eigenvalue weighted by Gasteiger charge is -2.03. The number of allylic oxidation sites excluding steroid dienone is 2. The second-order valence-electron chi connectivity index (χ2n) is 9.58. The molecule has 2 atom stereocenters. The van der Waals surface area contributed by atoms with Crippen LogP contribution in [-0.4, -0.2) is 41.7 Å². The van der Waals surface area contributed by atoms with Crippen LogP contribution in [-0.2, 0) is 19.1 Å². The predicted octanol–water partition coefficient (Wildman–Crippen LogP) is 5.84. The lowest BCUT2D eigenvalue weighted by atomic mass is 10.2. The maximum atomic E-state index is 12.0. The highest BCUT2D eigenvalue weighted by Gasteiger charge is 2.14. The fourth-order valence-electron chi connectivity index (χ4n) is 4.00. The van der Waals surface area contributed by atoms with Crippen LogP contribution >= 0.6 is 0 Å². The smallest absolute Gasteiger partial charge is 0.310 e. The normalized spacial score (nSPS) is 13.1. The van der Waals surface area contributed by atoms with Crippen LogP contribution in [0.25, 0.3) is 22.1 Å². The van der Waals surface area contributed by atoms with Crippen molar-refractivity contribution in [3.8, 4) is 0 Å². The number of nitro benzene ring substituents is 2. The molecule has 0 aliphatic rings. The number of aromatic amines is 2. The minimum Gasteiger partial charge on any atom is -0.435 e. The van der Waals surface area contributed by atoms with E-state index in [0.29, 0.717) is 46.6 Å². The first-order valence-electron chi connectivity index (χ1n) is 13.1. The van der Waals surface area contributed by atoms with Gasteiger partial charge in [0.25, 0.3) is 11.4 Å². The second kappa shape index (κ2) is 13.3. The standard InChI is InChI=1S/C28H28N6O8/c1-17(27-29-21-9-7-19(33(37)38)15-23(21)31-27)11-13-41-25(35)5-3-4-6-26(36)42-14-12-18(2)28-30-22-10-8-20(34(39)40)16-24(22)32-28/h7-18H,3-6H2,1-2H3,(H,29,31)(H,30,32). The summed E-state index contributed by atoms with van der Waals surface area (Å²) < 4.78 is 10.2. The number of ether oxygens (including phenoxy) is 2. The van der Waals surface area contributed by atoms with Crippen LogP contribution in [0.15, 0.2) is 61.1 Å². The summed E-state index contributed by atoms with van der Waals surface area (Å²) in [5.41, 5.74) is 2.20. The van der Waals surface area contributed by atoms with Crippen LogP contribution in [0.2, 0.25) is 0 Å². The highest BCUT2D eigenvalue weighted by Crippen LogP contribution is 2.24. The van der Waals surface area contributed by atoms with Crippen LogP contribution in [0.5, 0.6) is 0 Å². The van der Waals surface area contributed by atoms with Gasteiger partial charge in [-0.2, -0.15) is 0 Å². The Morgan fingerprint density at radius 2 is 1.19 bits per heavy atom. The molecule has 2 heterocycles. The summed E-state index contributed by atoms with van der Waals surface area (Å²) in [4.78, 5) is 59.9. The molecule has 4 aromatic rings. The zero-order chi connectivity index (χ0) is 30.2. The van der Waals surface area contributed by atoms with Crippen LogP contribution in [0, 0.1) is 20.2 Å². The maximum absolute atomic E-state index is 12.0. The molecule has 0 fully saturated rings. The van der Waals surface area contributed by atoms with Gasteiger partial charge in [0.15, 0.2) is 0 Å². The summed E-state index contributed by atoms with van der Waals surface area (Å²) in [7, 11) is 0. The summed E-state index contributed by atoms with van der Waals surface area (Å²) in [5.74, 6) is -0.215. The van der Waals surface area contributed by atoms with Crippen LogP contribution in [0.3, 0.4) is 0 Å². The van der Waals surface area contributed by atoms with Gasteiger partial charge in [-0.1, -0.05) is 13.8 Å². The number of hydrogen-bond acceptors (Lipinski definition) is 10. The first-order valence-corrected chi connectivity index (χ1v) is 13.1. The van der Waals surface area contributed by atoms with Crippen molar-refractivity contribution in [2.45, 2.75) is 51.4 Å². The first kappa shape index (κ1) is 29.6. The van der Waals surface area contributed by atoms with Gasteiger partial charge < -0.3 is 19.4 Å². The van der Waals surface area contributed by atoms with E-state index >= 15 is 0 Å². The third-order valence-electron chi connectivity index (χ3n) is 6.40. The number of nitrogens with one attached hydrogen (secondary N) is 2. The molecule has 14 nitrogen and oxygen atoms in total. The van der Waals surface area contributed by atoms with Crippen LogP contribution in [0.1, 0.15) is 63.0 Å². The number of imidazole rings is 2. The Kier molecular flexibility index (Phi) is 9.37. The number of hydrogen-bond donors (Lipinski definition) is 2. The maximum Gasteiger partial charge on any atom is 0.310 e. The zero-order valence-electron chi connectivity index (χ0n) is 22.8. The van der Waals surface area contributed by atoms with Crippen molar-refractivity contribution in [3.05, 3.63) is 93.0 Å². The third kappa shape index (κ3) is 7.62. The van der Waals surface area contributed by atoms with Gasteiger partial charge in [0.1, 0.15) is 11.6 Å². The Labute approximate surface area is 238 Å². The number of nitro groups is 2. The van der Waals surface area contributed by atoms with Gasteiger partial charge in [-0.15, -0.1) is 0 Å². The van der Waals surface area contributed by atoms with E-state index in [1.807, 2.05) is 13.8 Å². The van der Waals surface area contributed by atoms with Crippen LogP contribution in [0.4, 0.5) is 11.4 Å². The lowest BCUT2D eigenvalue weighted by Crippen LogP contribution is -2.03. The molecule has 0 aliphatic heterocycles. The van der Waals surface area contributed by atoms with Crippen molar-refractivity contribution < 1.29 is 28.9 Å². The molecule has 0 saturated carbocycles. The lowest BCUT2D eigenvalue weighted by molar-refractivity contribution is -0.384. The van der Waals surface area contributed by atoms with Gasteiger partial charge in [-0.25, -0.2) is 9.97 Å². The van der Waals surface area contributed by atoms with Gasteiger partial charge in [-0.05, 0) is 37.1 Å². The van der Waals surface area contributed by atoms with E-state index in [4.69, 9.17) is 9.47 Å². The van der Waals surface area contributed by atoms with E-state index < -0.39 is 21.8 Å². The number of aromatic nitrogens is 4. The van der Waals surface area contributed by atoms with Crippen molar-refractivity contribution >= 4 is 45.4 Å². The molecule has 0 aliphatic carbocycles. The second-order valence-corrected chi connectivity index (χ2v) is 9.58. The minimum absolute atomic E-state index is 0.0360. The number of non-ortho nitro benzene ring substituents is 2. The van der Waals surface area contributed by atoms with Crippen molar-refractivity contribution in [3.63, 3.8) is 0 Å². The summed E-state index contributed by atoms with van der Waals surface area (Å²) in [6.07, 6.45) is 6.97. The molecule has 0 amide bonds. The van der Waals surface area contributed by atoms with Crippen LogP contribution < -0.4 is 0 Å². The van der Waals surface area contributed by atoms with Gasteiger partial charge in [0.05, 0.1) is 44.4 Å². The molecule has 2 aromatic carbocycles. The fraction of sp³-hybridized carbons (Fsp3) is 0.286. The molecule has 0 saturated heterocycles. The van der Waals surface area contributed by atoms with E-state index in [-0.39, 0.29) is 36.1 Å². The van der Waals surface area contributed by atoms with Crippen molar-refractivity contribution in [1.29, 1.82) is 0 Å². The average molecular weight is 577 g/mol. The van der Waals surface area contributed by atoms with Crippen molar-refractivity contribution in [2.75, 3.05) is 0 Å². The molecule has 0 radical (unpaired) electrons. The molecule has 42 heavy (non-hydrogen) atoms. The molecule has 4 rings (SSSR count). The molecule has 14 heteroatoms. The zero-order valence-corrected chi connectivity index (χ0v) is 22.8. The van der Waals surface area contributed by atoms with E-state index in [1.54, 1.807) is 24.3 Å². The molecular weight excluding hydrogens is 548 g/mol. The Bertz CT molecular complexity index is 1560. The molecule has 2 unspecified atom stereocenters. The summed E-state index contributed by atoms with van der Waals surface area (Å²) >= 11 is 0. The predicted molar refractivity (Wildman–Crippen MR) is 151 cm³/mol. The summed E-state index contributed by atoms with van der Waals surface area (Å²) in [5, 5.41) is 21.9. The van der Waals surface area contributed by atoms with Gasteiger partial charge >= 0.3 is 11.9 Å². The monoisotopic (exact) mass is 576 g/mol. The van der Waals surface area contributed by atoms with Crippen molar-refractivity contribution in [2.24, 2.45) is 0 Å². The summed E-state index contributed by atoms with van der Waals surface area (Å²) in [6.45, 7) is 3.67. The molecule has 2 aromatic heterocycles. The van der Waals surface area contributed by atoms with Gasteiger partial charge in [0, 0.05) is 48.9 Å². The average Bonchev–Trinajstić information content (AvgIpc) is 3.59. The number of nitrogens with zero attached hydrogens (tertiary/aromatic N) is 4. The first-order chi connectivity index (χ1) is 20.1. The largest absolute Gasteiger partial charge is 0.435 e. The highest BCUT2D eigenvalue weighted by molar-refractivity contribution is 5.78. The number of carbonyl (C=O) groups is 2. The Hall–Kier alpha value is -5.40. The molecule has 0 bridgehead atoms. The number of H-pyrrole nitrogens is 2. The quantitative estimate of drug-likeness (QED) is 0.0641. The number of rotatable bonds is 13. The Morgan fingerprint density at radius 1 is 0.786 bits per heavy atom. The van der Waals surface area contributed by atoms with E-state index in [0.717, 1.165) is 0 Å². The molecule has 218 valence electrons. The number of esters is 2. The van der Waals surface area contributed by atoms with Gasteiger partial charge in [0.2, 0.25) is 0 Å². The number of benzene rings is 2.